The first kappa shape index (κ1) is 17.0. The van der Waals surface area contributed by atoms with Gasteiger partial charge in [0.15, 0.2) is 5.78 Å². The Hall–Kier alpha value is -1.01. The number of nitrogens with two attached hydrogens (primary N) is 1. The number of Topliss-reactive ketones (excluding diaryl/α,β-unsaturated/α-hetero) is 1. The molecule has 0 aliphatic rings. The predicted molar refractivity (Wildman–Crippen MR) is 86.7 cm³/mol. The molecular weight excluding hydrogens is 340 g/mol. The number of halogens is 1. The minimum Gasteiger partial charge on any atom is -0.398 e. The van der Waals surface area contributed by atoms with E-state index in [1.807, 2.05) is 26.0 Å². The van der Waals surface area contributed by atoms with Crippen molar-refractivity contribution in [2.75, 3.05) is 11.5 Å². The second-order valence-corrected chi connectivity index (χ2v) is 6.80. The maximum absolute atomic E-state index is 11.9. The molecule has 110 valence electrons. The van der Waals surface area contributed by atoms with Crippen LogP contribution in [0, 0.1) is 5.92 Å². The summed E-state index contributed by atoms with van der Waals surface area (Å²) in [5.74, 6) is 0.134. The Bertz CT molecular complexity index is 506. The highest BCUT2D eigenvalue weighted by Gasteiger charge is 2.20. The number of nitrogen functional groups attached to an aromatic ring is 1. The van der Waals surface area contributed by atoms with Crippen LogP contribution in [-0.2, 0) is 9.59 Å². The third-order valence-electron chi connectivity index (χ3n) is 2.75. The Morgan fingerprint density at radius 2 is 2.05 bits per heavy atom. The zero-order valence-electron chi connectivity index (χ0n) is 11.8. The van der Waals surface area contributed by atoms with Gasteiger partial charge in [-0.15, -0.1) is 11.8 Å². The number of ketones is 1. The van der Waals surface area contributed by atoms with Crippen LogP contribution in [0.3, 0.4) is 0 Å². The van der Waals surface area contributed by atoms with E-state index >= 15 is 0 Å². The normalized spacial score (nSPS) is 12.2. The summed E-state index contributed by atoms with van der Waals surface area (Å²) in [7, 11) is 0. The average Bonchev–Trinajstić information content (AvgIpc) is 2.34. The van der Waals surface area contributed by atoms with Crippen LogP contribution < -0.4 is 11.1 Å². The number of nitrogens with one attached hydrogen (secondary N) is 1. The summed E-state index contributed by atoms with van der Waals surface area (Å²) in [6, 6.07) is 5.11. The molecule has 1 atom stereocenters. The van der Waals surface area contributed by atoms with Crippen LogP contribution in [0.5, 0.6) is 0 Å². The van der Waals surface area contributed by atoms with Gasteiger partial charge in [-0.2, -0.15) is 0 Å². The minimum atomic E-state index is -0.426. The van der Waals surface area contributed by atoms with Gasteiger partial charge in [0.05, 0.1) is 11.8 Å². The number of thioether (sulfide) groups is 1. The molecule has 1 aromatic rings. The van der Waals surface area contributed by atoms with E-state index in [1.165, 1.54) is 18.7 Å². The van der Waals surface area contributed by atoms with Crippen LogP contribution in [0.25, 0.3) is 0 Å². The summed E-state index contributed by atoms with van der Waals surface area (Å²) >= 11 is 4.69. The fourth-order valence-electron chi connectivity index (χ4n) is 1.75. The molecule has 0 aliphatic carbocycles. The van der Waals surface area contributed by atoms with E-state index in [2.05, 4.69) is 21.2 Å². The van der Waals surface area contributed by atoms with Gasteiger partial charge in [0, 0.05) is 15.1 Å². The quantitative estimate of drug-likeness (QED) is 0.605. The van der Waals surface area contributed by atoms with Crippen LogP contribution in [0.4, 0.5) is 5.69 Å². The summed E-state index contributed by atoms with van der Waals surface area (Å²) in [4.78, 5) is 24.2. The second kappa shape index (κ2) is 7.69. The lowest BCUT2D eigenvalue weighted by Crippen LogP contribution is -2.44. The molecule has 0 spiro atoms. The summed E-state index contributed by atoms with van der Waals surface area (Å²) in [5, 5.41) is 2.76. The van der Waals surface area contributed by atoms with E-state index in [0.29, 0.717) is 5.69 Å². The number of hydrogen-bond acceptors (Lipinski definition) is 4. The van der Waals surface area contributed by atoms with Gasteiger partial charge in [-0.3, -0.25) is 9.59 Å². The molecule has 1 unspecified atom stereocenters. The molecule has 1 amide bonds. The van der Waals surface area contributed by atoms with Gasteiger partial charge in [0.2, 0.25) is 5.91 Å². The number of amides is 1. The van der Waals surface area contributed by atoms with Crippen molar-refractivity contribution in [1.82, 2.24) is 5.32 Å². The molecule has 20 heavy (non-hydrogen) atoms. The van der Waals surface area contributed by atoms with Crippen LogP contribution in [0.2, 0.25) is 0 Å². The summed E-state index contributed by atoms with van der Waals surface area (Å²) in [5.41, 5.74) is 6.50. The van der Waals surface area contributed by atoms with E-state index in [0.717, 1.165) is 9.37 Å². The first-order chi connectivity index (χ1) is 9.31. The van der Waals surface area contributed by atoms with Gasteiger partial charge in [-0.05, 0) is 31.0 Å². The topological polar surface area (TPSA) is 72.2 Å². The van der Waals surface area contributed by atoms with Crippen LogP contribution in [0.1, 0.15) is 20.8 Å². The molecule has 6 heteroatoms. The highest BCUT2D eigenvalue weighted by molar-refractivity contribution is 9.10. The molecule has 0 heterocycles. The highest BCUT2D eigenvalue weighted by atomic mass is 79.9. The zero-order chi connectivity index (χ0) is 15.3. The molecule has 0 fully saturated rings. The number of carbonyl (C=O) groups is 2. The molecule has 0 aromatic heterocycles. The maximum atomic E-state index is 11.9. The summed E-state index contributed by atoms with van der Waals surface area (Å²) in [6.45, 7) is 5.31. The molecule has 0 bridgehead atoms. The Labute approximate surface area is 132 Å². The third-order valence-corrected chi connectivity index (χ3v) is 4.33. The predicted octanol–water partition coefficient (Wildman–Crippen LogP) is 2.85. The smallest absolute Gasteiger partial charge is 0.230 e. The Balaban J connectivity index is 2.57. The SMILES string of the molecule is CC(=O)C(NC(=O)CSc1ccc(Br)cc1N)C(C)C. The van der Waals surface area contributed by atoms with Gasteiger partial charge >= 0.3 is 0 Å². The number of benzene rings is 1. The van der Waals surface area contributed by atoms with Crippen molar-refractivity contribution in [2.45, 2.75) is 31.7 Å². The fraction of sp³-hybridized carbons (Fsp3) is 0.429. The number of anilines is 1. The largest absolute Gasteiger partial charge is 0.398 e. The van der Waals surface area contributed by atoms with E-state index in [1.54, 1.807) is 6.07 Å². The Morgan fingerprint density at radius 3 is 2.55 bits per heavy atom. The lowest BCUT2D eigenvalue weighted by atomic mass is 10.0. The van der Waals surface area contributed by atoms with Crippen molar-refractivity contribution >= 4 is 45.1 Å². The molecule has 0 aliphatic heterocycles. The Morgan fingerprint density at radius 1 is 1.40 bits per heavy atom. The summed E-state index contributed by atoms with van der Waals surface area (Å²) < 4.78 is 0.903. The number of rotatable bonds is 6. The van der Waals surface area contributed by atoms with E-state index < -0.39 is 6.04 Å². The zero-order valence-corrected chi connectivity index (χ0v) is 14.2. The van der Waals surface area contributed by atoms with Crippen molar-refractivity contribution in [1.29, 1.82) is 0 Å². The maximum Gasteiger partial charge on any atom is 0.230 e. The third kappa shape index (κ3) is 5.17. The average molecular weight is 359 g/mol. The molecule has 0 saturated heterocycles. The monoisotopic (exact) mass is 358 g/mol. The highest BCUT2D eigenvalue weighted by Crippen LogP contribution is 2.27. The molecule has 3 N–H and O–H groups in total. The van der Waals surface area contributed by atoms with E-state index in [-0.39, 0.29) is 23.4 Å². The number of hydrogen-bond donors (Lipinski definition) is 2. The fourth-order valence-corrected chi connectivity index (χ4v) is 2.89. The van der Waals surface area contributed by atoms with Crippen molar-refractivity contribution in [2.24, 2.45) is 5.92 Å². The lowest BCUT2D eigenvalue weighted by molar-refractivity contribution is -0.126. The van der Waals surface area contributed by atoms with Crippen molar-refractivity contribution in [3.05, 3.63) is 22.7 Å². The molecular formula is C14H19BrN2O2S. The Kier molecular flexibility index (Phi) is 6.55. The number of carbonyl (C=O) groups excluding carboxylic acids is 2. The standard InChI is InChI=1S/C14H19BrN2O2S/c1-8(2)14(9(3)18)17-13(19)7-20-12-5-4-10(15)6-11(12)16/h4-6,8,14H,7,16H2,1-3H3,(H,17,19). The van der Waals surface area contributed by atoms with E-state index in [4.69, 9.17) is 5.73 Å². The minimum absolute atomic E-state index is 0.0264. The molecule has 0 radical (unpaired) electrons. The van der Waals surface area contributed by atoms with E-state index in [9.17, 15) is 9.59 Å². The van der Waals surface area contributed by atoms with Gasteiger partial charge < -0.3 is 11.1 Å². The summed E-state index contributed by atoms with van der Waals surface area (Å²) in [6.07, 6.45) is 0. The first-order valence-corrected chi connectivity index (χ1v) is 8.06. The van der Waals surface area contributed by atoms with Crippen molar-refractivity contribution in [3.63, 3.8) is 0 Å². The van der Waals surface area contributed by atoms with Gasteiger partial charge in [0.25, 0.3) is 0 Å². The second-order valence-electron chi connectivity index (χ2n) is 4.87. The lowest BCUT2D eigenvalue weighted by Gasteiger charge is -2.19. The molecule has 4 nitrogen and oxygen atoms in total. The molecule has 1 rings (SSSR count). The van der Waals surface area contributed by atoms with Gasteiger partial charge in [0.1, 0.15) is 0 Å². The van der Waals surface area contributed by atoms with Gasteiger partial charge in [-0.25, -0.2) is 0 Å². The molecule has 1 aromatic carbocycles. The van der Waals surface area contributed by atoms with Crippen LogP contribution in [0.15, 0.2) is 27.6 Å². The van der Waals surface area contributed by atoms with Crippen molar-refractivity contribution in [3.8, 4) is 0 Å². The van der Waals surface area contributed by atoms with Crippen LogP contribution in [-0.4, -0.2) is 23.5 Å². The van der Waals surface area contributed by atoms with Crippen LogP contribution >= 0.6 is 27.7 Å². The molecule has 0 saturated carbocycles. The van der Waals surface area contributed by atoms with Gasteiger partial charge in [-0.1, -0.05) is 29.8 Å². The van der Waals surface area contributed by atoms with Crippen molar-refractivity contribution < 1.29 is 9.59 Å². The first-order valence-electron chi connectivity index (χ1n) is 6.29.